The summed E-state index contributed by atoms with van der Waals surface area (Å²) in [6, 6.07) is 30.0. The van der Waals surface area contributed by atoms with Crippen LogP contribution < -0.4 is 9.47 Å². The summed E-state index contributed by atoms with van der Waals surface area (Å²) in [6.45, 7) is 7.65. The number of benzene rings is 4. The molecule has 6 heteroatoms. The summed E-state index contributed by atoms with van der Waals surface area (Å²) in [4.78, 5) is 25.2. The Balaban J connectivity index is 1.22. The van der Waals surface area contributed by atoms with E-state index in [1.165, 1.54) is 44.9 Å². The van der Waals surface area contributed by atoms with Crippen LogP contribution >= 0.6 is 0 Å². The Hall–Kier alpha value is -4.42. The fourth-order valence-electron chi connectivity index (χ4n) is 5.22. The van der Waals surface area contributed by atoms with Crippen molar-refractivity contribution in [2.75, 3.05) is 19.8 Å². The van der Waals surface area contributed by atoms with Crippen LogP contribution in [0.5, 0.6) is 11.5 Å². The van der Waals surface area contributed by atoms with Crippen molar-refractivity contribution < 1.29 is 28.5 Å². The van der Waals surface area contributed by atoms with E-state index in [1.54, 1.807) is 43.3 Å². The molecule has 1 atom stereocenters. The van der Waals surface area contributed by atoms with Gasteiger partial charge < -0.3 is 18.9 Å². The molecular formula is C41H48O6. The van der Waals surface area contributed by atoms with Crippen LogP contribution in [0.15, 0.2) is 97.1 Å². The summed E-state index contributed by atoms with van der Waals surface area (Å²) in [5.74, 6) is 0.527. The predicted octanol–water partition coefficient (Wildman–Crippen LogP) is 10.3. The molecule has 0 N–H and O–H groups in total. The molecule has 0 spiro atoms. The number of esters is 2. The van der Waals surface area contributed by atoms with E-state index in [9.17, 15) is 9.59 Å². The molecule has 248 valence electrons. The minimum Gasteiger partial charge on any atom is -0.494 e. The molecule has 0 amide bonds. The Morgan fingerprint density at radius 1 is 0.553 bits per heavy atom. The summed E-state index contributed by atoms with van der Waals surface area (Å²) in [5, 5.41) is 0. The normalized spacial score (nSPS) is 11.6. The van der Waals surface area contributed by atoms with Gasteiger partial charge in [0.1, 0.15) is 17.6 Å². The molecule has 4 aromatic rings. The van der Waals surface area contributed by atoms with E-state index < -0.39 is 5.97 Å². The van der Waals surface area contributed by atoms with Crippen molar-refractivity contribution in [2.45, 2.75) is 78.2 Å². The van der Waals surface area contributed by atoms with Gasteiger partial charge in [0.05, 0.1) is 24.3 Å². The van der Waals surface area contributed by atoms with Crippen LogP contribution in [0, 0.1) is 0 Å². The third-order valence-corrected chi connectivity index (χ3v) is 7.96. The Kier molecular flexibility index (Phi) is 14.5. The highest BCUT2D eigenvalue weighted by Crippen LogP contribution is 2.26. The quantitative estimate of drug-likeness (QED) is 0.0579. The average Bonchev–Trinajstić information content (AvgIpc) is 3.10. The van der Waals surface area contributed by atoms with Crippen LogP contribution in [0.1, 0.15) is 92.9 Å². The van der Waals surface area contributed by atoms with Crippen LogP contribution in [0.2, 0.25) is 0 Å². The third kappa shape index (κ3) is 11.7. The van der Waals surface area contributed by atoms with E-state index in [4.69, 9.17) is 18.9 Å². The van der Waals surface area contributed by atoms with Gasteiger partial charge in [-0.25, -0.2) is 9.59 Å². The molecule has 0 aliphatic rings. The van der Waals surface area contributed by atoms with Crippen molar-refractivity contribution in [3.8, 4) is 33.8 Å². The molecule has 0 aliphatic carbocycles. The van der Waals surface area contributed by atoms with Gasteiger partial charge in [0.2, 0.25) is 0 Å². The highest BCUT2D eigenvalue weighted by atomic mass is 16.6. The fraction of sp³-hybridized carbons (Fsp3) is 0.366. The number of hydrogen-bond acceptors (Lipinski definition) is 6. The van der Waals surface area contributed by atoms with Gasteiger partial charge in [0.15, 0.2) is 0 Å². The zero-order chi connectivity index (χ0) is 33.3. The molecule has 0 aromatic heterocycles. The first-order valence-corrected chi connectivity index (χ1v) is 17.0. The summed E-state index contributed by atoms with van der Waals surface area (Å²) < 4.78 is 22.3. The van der Waals surface area contributed by atoms with Crippen LogP contribution in [-0.2, 0) is 9.47 Å². The third-order valence-electron chi connectivity index (χ3n) is 7.96. The van der Waals surface area contributed by atoms with E-state index in [0.717, 1.165) is 41.0 Å². The molecular weight excluding hydrogens is 588 g/mol. The van der Waals surface area contributed by atoms with Gasteiger partial charge >= 0.3 is 11.9 Å². The molecule has 47 heavy (non-hydrogen) atoms. The maximum absolute atomic E-state index is 12.8. The maximum atomic E-state index is 12.8. The van der Waals surface area contributed by atoms with E-state index >= 15 is 0 Å². The minimum absolute atomic E-state index is 0.317. The van der Waals surface area contributed by atoms with Crippen LogP contribution in [-0.4, -0.2) is 37.9 Å². The lowest BCUT2D eigenvalue weighted by molar-refractivity contribution is 0.00439. The standard InChI is InChI=1S/C41H48O6/c1-4-6-7-8-9-10-11-12-29-45-38-25-21-34(22-26-38)32-15-19-37(20-16-32)41(43)47-39-27-23-35(24-28-39)33-13-17-36(18-14-33)40(42)46-31(3)30-44-5-2/h13-28,31H,4-12,29-30H2,1-3H3/t31-/m0/s1. The van der Waals surface area contributed by atoms with Gasteiger partial charge in [-0.15, -0.1) is 0 Å². The number of carbonyl (C=O) groups excluding carboxylic acids is 2. The lowest BCUT2D eigenvalue weighted by Gasteiger charge is -2.13. The molecule has 6 nitrogen and oxygen atoms in total. The summed E-state index contributed by atoms with van der Waals surface area (Å²) >= 11 is 0. The highest BCUT2D eigenvalue weighted by Gasteiger charge is 2.13. The highest BCUT2D eigenvalue weighted by molar-refractivity contribution is 5.92. The average molecular weight is 637 g/mol. The smallest absolute Gasteiger partial charge is 0.343 e. The van der Waals surface area contributed by atoms with Crippen LogP contribution in [0.4, 0.5) is 0 Å². The maximum Gasteiger partial charge on any atom is 0.343 e. The van der Waals surface area contributed by atoms with Crippen molar-refractivity contribution in [3.05, 3.63) is 108 Å². The summed E-state index contributed by atoms with van der Waals surface area (Å²) in [7, 11) is 0. The van der Waals surface area contributed by atoms with E-state index in [2.05, 4.69) is 6.92 Å². The van der Waals surface area contributed by atoms with Crippen LogP contribution in [0.25, 0.3) is 22.3 Å². The van der Waals surface area contributed by atoms with Gasteiger partial charge in [0, 0.05) is 6.61 Å². The molecule has 0 radical (unpaired) electrons. The first kappa shape index (κ1) is 35.4. The summed E-state index contributed by atoms with van der Waals surface area (Å²) in [5.41, 5.74) is 4.88. The first-order chi connectivity index (χ1) is 23.0. The topological polar surface area (TPSA) is 71.1 Å². The fourth-order valence-corrected chi connectivity index (χ4v) is 5.22. The van der Waals surface area contributed by atoms with E-state index in [1.807, 2.05) is 67.6 Å². The minimum atomic E-state index is -0.421. The van der Waals surface area contributed by atoms with Crippen molar-refractivity contribution in [2.24, 2.45) is 0 Å². The zero-order valence-corrected chi connectivity index (χ0v) is 28.0. The van der Waals surface area contributed by atoms with Gasteiger partial charge in [-0.3, -0.25) is 0 Å². The van der Waals surface area contributed by atoms with Gasteiger partial charge in [0.25, 0.3) is 0 Å². The zero-order valence-electron chi connectivity index (χ0n) is 28.0. The van der Waals surface area contributed by atoms with Gasteiger partial charge in [-0.05, 0) is 91.1 Å². The second-order valence-electron chi connectivity index (χ2n) is 11.8. The molecule has 4 aromatic carbocycles. The number of rotatable bonds is 19. The Morgan fingerprint density at radius 2 is 1.00 bits per heavy atom. The number of ether oxygens (including phenoxy) is 4. The number of unbranched alkanes of at least 4 members (excludes halogenated alkanes) is 7. The largest absolute Gasteiger partial charge is 0.494 e. The van der Waals surface area contributed by atoms with Gasteiger partial charge in [-0.2, -0.15) is 0 Å². The number of carbonyl (C=O) groups is 2. The van der Waals surface area contributed by atoms with E-state index in [-0.39, 0.29) is 12.1 Å². The van der Waals surface area contributed by atoms with Crippen molar-refractivity contribution in [1.82, 2.24) is 0 Å². The summed E-state index contributed by atoms with van der Waals surface area (Å²) in [6.07, 6.45) is 9.95. The predicted molar refractivity (Wildman–Crippen MR) is 188 cm³/mol. The van der Waals surface area contributed by atoms with Gasteiger partial charge in [-0.1, -0.05) is 100 Å². The first-order valence-electron chi connectivity index (χ1n) is 17.0. The molecule has 0 bridgehead atoms. The lowest BCUT2D eigenvalue weighted by Crippen LogP contribution is -2.20. The molecule has 0 heterocycles. The molecule has 0 saturated carbocycles. The molecule has 4 rings (SSSR count). The second-order valence-corrected chi connectivity index (χ2v) is 11.8. The SMILES string of the molecule is CCCCCCCCCCOc1ccc(-c2ccc(C(=O)Oc3ccc(-c4ccc(C(=O)O[C@@H](C)COCC)cc4)cc3)cc2)cc1. The second kappa shape index (κ2) is 19.3. The molecule has 0 fully saturated rings. The van der Waals surface area contributed by atoms with E-state index in [0.29, 0.717) is 30.1 Å². The van der Waals surface area contributed by atoms with Crippen molar-refractivity contribution in [1.29, 1.82) is 0 Å². The van der Waals surface area contributed by atoms with Crippen LogP contribution in [0.3, 0.4) is 0 Å². The molecule has 0 aliphatic heterocycles. The Labute approximate surface area is 280 Å². The monoisotopic (exact) mass is 636 g/mol. The Bertz CT molecular complexity index is 1490. The number of hydrogen-bond donors (Lipinski definition) is 0. The Morgan fingerprint density at radius 3 is 1.51 bits per heavy atom. The van der Waals surface area contributed by atoms with Crippen molar-refractivity contribution >= 4 is 11.9 Å². The van der Waals surface area contributed by atoms with Crippen molar-refractivity contribution in [3.63, 3.8) is 0 Å². The lowest BCUT2D eigenvalue weighted by atomic mass is 10.0. The molecule has 0 unspecified atom stereocenters. The molecule has 0 saturated heterocycles.